The van der Waals surface area contributed by atoms with Crippen molar-refractivity contribution in [3.05, 3.63) is 52.4 Å². The number of guanidine groups is 1. The maximum absolute atomic E-state index is 6.06. The molecule has 0 amide bonds. The number of hydrogen-bond donors (Lipinski definition) is 2. The molecule has 0 aliphatic carbocycles. The molecule has 0 unspecified atom stereocenters. The van der Waals surface area contributed by atoms with Crippen LogP contribution in [-0.4, -0.2) is 32.7 Å². The molecule has 2 N–H and O–H groups in total. The molecule has 1 aromatic heterocycles. The second-order valence-corrected chi connectivity index (χ2v) is 5.44. The van der Waals surface area contributed by atoms with E-state index in [0.29, 0.717) is 34.9 Å². The van der Waals surface area contributed by atoms with Crippen LogP contribution in [0.2, 0.25) is 10.0 Å². The highest BCUT2D eigenvalue weighted by Crippen LogP contribution is 2.31. The van der Waals surface area contributed by atoms with Crippen molar-refractivity contribution in [3.8, 4) is 5.75 Å². The predicted molar refractivity (Wildman–Crippen MR) is 109 cm³/mol. The van der Waals surface area contributed by atoms with E-state index < -0.39 is 0 Å². The fraction of sp³-hybridized carbons (Fsp3) is 0.312. The Morgan fingerprint density at radius 2 is 1.96 bits per heavy atom. The Morgan fingerprint density at radius 1 is 1.17 bits per heavy atom. The number of furan rings is 1. The maximum Gasteiger partial charge on any atom is 0.191 e. The van der Waals surface area contributed by atoms with Crippen LogP contribution in [0.4, 0.5) is 0 Å². The van der Waals surface area contributed by atoms with Crippen LogP contribution in [0.3, 0.4) is 0 Å². The molecule has 0 saturated heterocycles. The summed E-state index contributed by atoms with van der Waals surface area (Å²) in [6.07, 6.45) is 2.46. The Morgan fingerprint density at radius 3 is 2.67 bits per heavy atom. The number of hydrogen-bond acceptors (Lipinski definition) is 3. The van der Waals surface area contributed by atoms with Gasteiger partial charge >= 0.3 is 0 Å². The van der Waals surface area contributed by atoms with Crippen molar-refractivity contribution in [2.24, 2.45) is 4.99 Å². The Labute approximate surface area is 168 Å². The Bertz CT molecular complexity index is 636. The van der Waals surface area contributed by atoms with Crippen LogP contribution in [0.5, 0.6) is 5.75 Å². The summed E-state index contributed by atoms with van der Waals surface area (Å²) in [6, 6.07) is 9.12. The Hall–Kier alpha value is -1.12. The van der Waals surface area contributed by atoms with Crippen LogP contribution in [0.25, 0.3) is 0 Å². The summed E-state index contributed by atoms with van der Waals surface area (Å²) >= 11 is 12.0. The molecule has 1 aromatic carbocycles. The highest BCUT2D eigenvalue weighted by atomic mass is 127. The van der Waals surface area contributed by atoms with Crippen molar-refractivity contribution in [1.29, 1.82) is 0 Å². The van der Waals surface area contributed by atoms with Gasteiger partial charge in [0.15, 0.2) is 5.96 Å². The first kappa shape index (κ1) is 20.9. The predicted octanol–water partition coefficient (Wildman–Crippen LogP) is 3.99. The van der Waals surface area contributed by atoms with E-state index in [9.17, 15) is 0 Å². The average Bonchev–Trinajstić information content (AvgIpc) is 3.07. The van der Waals surface area contributed by atoms with Gasteiger partial charge in [0, 0.05) is 20.0 Å². The lowest BCUT2D eigenvalue weighted by atomic mass is 10.3. The number of nitrogens with one attached hydrogen (secondary N) is 2. The van der Waals surface area contributed by atoms with Crippen LogP contribution < -0.4 is 15.4 Å². The molecule has 0 fully saturated rings. The quantitative estimate of drug-likeness (QED) is 0.270. The first-order valence-corrected chi connectivity index (χ1v) is 8.00. The molecule has 0 spiro atoms. The zero-order chi connectivity index (χ0) is 16.5. The zero-order valence-corrected chi connectivity index (χ0v) is 17.1. The molecule has 2 aromatic rings. The fourth-order valence-electron chi connectivity index (χ4n) is 1.91. The minimum Gasteiger partial charge on any atom is -0.490 e. The lowest BCUT2D eigenvalue weighted by Crippen LogP contribution is -2.40. The van der Waals surface area contributed by atoms with Crippen LogP contribution in [-0.2, 0) is 6.42 Å². The molecular weight excluding hydrogens is 464 g/mol. The van der Waals surface area contributed by atoms with Crippen LogP contribution >= 0.6 is 47.2 Å². The standard InChI is InChI=1S/C16H19Cl2N3O2.HI/c1-19-16(20-8-7-12-4-3-10-22-12)21-9-11-23-14-6-2-5-13(17)15(14)18;/h2-6,10H,7-9,11H2,1H3,(H2,19,20,21);1H. The third-order valence-electron chi connectivity index (χ3n) is 3.04. The summed E-state index contributed by atoms with van der Waals surface area (Å²) in [6.45, 7) is 1.76. The van der Waals surface area contributed by atoms with Crippen molar-refractivity contribution >= 4 is 53.1 Å². The largest absolute Gasteiger partial charge is 0.490 e. The summed E-state index contributed by atoms with van der Waals surface area (Å²) < 4.78 is 10.9. The number of ether oxygens (including phenoxy) is 1. The average molecular weight is 484 g/mol. The lowest BCUT2D eigenvalue weighted by Gasteiger charge is -2.13. The SMILES string of the molecule is CN=C(NCCOc1cccc(Cl)c1Cl)NCCc1ccco1.I. The number of nitrogens with zero attached hydrogens (tertiary/aromatic N) is 1. The van der Waals surface area contributed by atoms with Gasteiger partial charge in [-0.15, -0.1) is 24.0 Å². The van der Waals surface area contributed by atoms with E-state index >= 15 is 0 Å². The number of halogens is 3. The molecule has 1 heterocycles. The van der Waals surface area contributed by atoms with E-state index in [4.69, 9.17) is 32.4 Å². The molecule has 0 atom stereocenters. The van der Waals surface area contributed by atoms with Gasteiger partial charge in [-0.3, -0.25) is 4.99 Å². The summed E-state index contributed by atoms with van der Waals surface area (Å²) in [7, 11) is 1.72. The number of aliphatic imine (C=N–C) groups is 1. The summed E-state index contributed by atoms with van der Waals surface area (Å²) in [4.78, 5) is 4.14. The van der Waals surface area contributed by atoms with Gasteiger partial charge in [0.1, 0.15) is 23.1 Å². The molecule has 24 heavy (non-hydrogen) atoms. The third-order valence-corrected chi connectivity index (χ3v) is 3.84. The maximum atomic E-state index is 6.06. The van der Waals surface area contributed by atoms with Gasteiger partial charge in [0.2, 0.25) is 0 Å². The molecule has 132 valence electrons. The van der Waals surface area contributed by atoms with Gasteiger partial charge in [0.05, 0.1) is 17.8 Å². The van der Waals surface area contributed by atoms with Gasteiger partial charge in [-0.1, -0.05) is 29.3 Å². The Kier molecular flexibility index (Phi) is 9.97. The third kappa shape index (κ3) is 6.78. The normalized spacial score (nSPS) is 10.9. The minimum atomic E-state index is 0. The fourth-order valence-corrected chi connectivity index (χ4v) is 2.25. The molecule has 0 aliphatic heterocycles. The number of rotatable bonds is 7. The molecule has 0 radical (unpaired) electrons. The molecule has 0 bridgehead atoms. The van der Waals surface area contributed by atoms with E-state index in [2.05, 4.69) is 15.6 Å². The van der Waals surface area contributed by atoms with E-state index in [0.717, 1.165) is 18.7 Å². The monoisotopic (exact) mass is 483 g/mol. The van der Waals surface area contributed by atoms with Gasteiger partial charge < -0.3 is 19.8 Å². The molecule has 2 rings (SSSR count). The first-order valence-electron chi connectivity index (χ1n) is 7.24. The molecule has 8 heteroatoms. The number of benzene rings is 1. The van der Waals surface area contributed by atoms with Crippen molar-refractivity contribution in [3.63, 3.8) is 0 Å². The molecule has 5 nitrogen and oxygen atoms in total. The van der Waals surface area contributed by atoms with Crippen molar-refractivity contribution in [2.75, 3.05) is 26.7 Å². The van der Waals surface area contributed by atoms with E-state index in [1.165, 1.54) is 0 Å². The Balaban J connectivity index is 0.00000288. The van der Waals surface area contributed by atoms with Gasteiger partial charge in [-0.2, -0.15) is 0 Å². The van der Waals surface area contributed by atoms with E-state index in [-0.39, 0.29) is 24.0 Å². The van der Waals surface area contributed by atoms with Crippen LogP contribution in [0.1, 0.15) is 5.76 Å². The smallest absolute Gasteiger partial charge is 0.191 e. The molecule has 0 aliphatic rings. The first-order chi connectivity index (χ1) is 11.2. The van der Waals surface area contributed by atoms with E-state index in [1.54, 1.807) is 31.5 Å². The molecule has 0 saturated carbocycles. The minimum absolute atomic E-state index is 0. The van der Waals surface area contributed by atoms with Gasteiger partial charge in [-0.25, -0.2) is 0 Å². The van der Waals surface area contributed by atoms with E-state index in [1.807, 2.05) is 12.1 Å². The zero-order valence-electron chi connectivity index (χ0n) is 13.2. The van der Waals surface area contributed by atoms with Crippen molar-refractivity contribution in [1.82, 2.24) is 10.6 Å². The summed E-state index contributed by atoms with van der Waals surface area (Å²) in [5, 5.41) is 7.27. The van der Waals surface area contributed by atoms with Gasteiger partial charge in [0.25, 0.3) is 0 Å². The van der Waals surface area contributed by atoms with Gasteiger partial charge in [-0.05, 0) is 24.3 Å². The lowest BCUT2D eigenvalue weighted by molar-refractivity contribution is 0.322. The van der Waals surface area contributed by atoms with Crippen molar-refractivity contribution < 1.29 is 9.15 Å². The van der Waals surface area contributed by atoms with Crippen LogP contribution in [0, 0.1) is 0 Å². The van der Waals surface area contributed by atoms with Crippen molar-refractivity contribution in [2.45, 2.75) is 6.42 Å². The topological polar surface area (TPSA) is 58.8 Å². The highest BCUT2D eigenvalue weighted by molar-refractivity contribution is 14.0. The summed E-state index contributed by atoms with van der Waals surface area (Å²) in [5.41, 5.74) is 0. The van der Waals surface area contributed by atoms with Crippen LogP contribution in [0.15, 0.2) is 46.0 Å². The second-order valence-electron chi connectivity index (χ2n) is 4.66. The summed E-state index contributed by atoms with van der Waals surface area (Å²) in [5.74, 6) is 2.21. The molecular formula is C16H20Cl2IN3O2. The highest BCUT2D eigenvalue weighted by Gasteiger charge is 2.05. The second kappa shape index (κ2) is 11.4.